The summed E-state index contributed by atoms with van der Waals surface area (Å²) in [7, 11) is 0. The van der Waals surface area contributed by atoms with Gasteiger partial charge in [-0.15, -0.1) is 0 Å². The molecule has 2 aliphatic rings. The van der Waals surface area contributed by atoms with E-state index in [0.29, 0.717) is 37.2 Å². The average Bonchev–Trinajstić information content (AvgIpc) is 2.63. The number of halogens is 2. The van der Waals surface area contributed by atoms with Gasteiger partial charge in [-0.2, -0.15) is 0 Å². The molecule has 2 aromatic rings. The number of carbonyl (C=O) groups is 1. The van der Waals surface area contributed by atoms with Crippen molar-refractivity contribution < 1.29 is 13.9 Å². The molecule has 4 rings (SSSR count). The van der Waals surface area contributed by atoms with Crippen LogP contribution < -0.4 is 9.64 Å². The third-order valence-corrected chi connectivity index (χ3v) is 5.72. The van der Waals surface area contributed by atoms with Crippen LogP contribution in [0.25, 0.3) is 0 Å². The Kier molecular flexibility index (Phi) is 5.35. The minimum atomic E-state index is -0.499. The predicted molar refractivity (Wildman–Crippen MR) is 104 cm³/mol. The van der Waals surface area contributed by atoms with Gasteiger partial charge in [0.05, 0.1) is 5.02 Å². The molecule has 1 unspecified atom stereocenters. The zero-order chi connectivity index (χ0) is 19.7. The molecule has 1 aliphatic heterocycles. The molecular weight excluding hydrogens is 383 g/mol. The van der Waals surface area contributed by atoms with Crippen LogP contribution in [0.4, 0.5) is 10.2 Å². The van der Waals surface area contributed by atoms with Gasteiger partial charge in [-0.1, -0.05) is 18.0 Å². The summed E-state index contributed by atoms with van der Waals surface area (Å²) in [5, 5.41) is -0.00661. The van der Waals surface area contributed by atoms with E-state index in [0.717, 1.165) is 25.1 Å². The lowest BCUT2D eigenvalue weighted by atomic mass is 9.84. The Balaban J connectivity index is 1.43. The van der Waals surface area contributed by atoms with Gasteiger partial charge in [0.15, 0.2) is 0 Å². The predicted octanol–water partition coefficient (Wildman–Crippen LogP) is 3.90. The topological polar surface area (TPSA) is 58.6 Å². The van der Waals surface area contributed by atoms with E-state index in [9.17, 15) is 9.18 Å². The summed E-state index contributed by atoms with van der Waals surface area (Å²) in [5.41, 5.74) is 0. The van der Waals surface area contributed by atoms with Crippen molar-refractivity contribution in [3.8, 4) is 11.6 Å². The molecule has 1 atom stereocenters. The molecule has 2 heterocycles. The summed E-state index contributed by atoms with van der Waals surface area (Å²) >= 11 is 5.80. The molecule has 1 aliphatic carbocycles. The molecule has 6 nitrogen and oxygen atoms in total. The Morgan fingerprint density at radius 2 is 2.07 bits per heavy atom. The maximum atomic E-state index is 13.3. The van der Waals surface area contributed by atoms with E-state index in [2.05, 4.69) is 21.8 Å². The molecule has 148 valence electrons. The monoisotopic (exact) mass is 404 g/mol. The van der Waals surface area contributed by atoms with Crippen molar-refractivity contribution in [3.63, 3.8) is 0 Å². The van der Waals surface area contributed by atoms with Crippen LogP contribution in [-0.2, 0) is 4.79 Å². The SMILES string of the molecule is CC1CN(c2cc(Oc3ccc(F)c(Cl)c3)ncn2)CCN1C(=O)C1CCC1. The second-order valence-corrected chi connectivity index (χ2v) is 7.75. The van der Waals surface area contributed by atoms with Crippen molar-refractivity contribution in [2.75, 3.05) is 24.5 Å². The van der Waals surface area contributed by atoms with E-state index in [1.807, 2.05) is 4.90 Å². The largest absolute Gasteiger partial charge is 0.439 e. The highest BCUT2D eigenvalue weighted by Gasteiger charge is 2.34. The quantitative estimate of drug-likeness (QED) is 0.773. The molecule has 0 spiro atoms. The zero-order valence-electron chi connectivity index (χ0n) is 15.6. The Morgan fingerprint density at radius 1 is 1.25 bits per heavy atom. The number of ether oxygens (including phenoxy) is 1. The smallest absolute Gasteiger partial charge is 0.226 e. The number of anilines is 1. The number of piperazine rings is 1. The number of aromatic nitrogens is 2. The second-order valence-electron chi connectivity index (χ2n) is 7.35. The maximum absolute atomic E-state index is 13.3. The lowest BCUT2D eigenvalue weighted by Gasteiger charge is -2.43. The van der Waals surface area contributed by atoms with E-state index in [1.165, 1.54) is 24.5 Å². The first-order chi connectivity index (χ1) is 13.5. The molecule has 1 saturated carbocycles. The number of nitrogens with zero attached hydrogens (tertiary/aromatic N) is 4. The Bertz CT molecular complexity index is 877. The van der Waals surface area contributed by atoms with Crippen LogP contribution in [0.1, 0.15) is 26.2 Å². The van der Waals surface area contributed by atoms with Crippen LogP contribution in [0.2, 0.25) is 5.02 Å². The van der Waals surface area contributed by atoms with Gasteiger partial charge < -0.3 is 14.5 Å². The third-order valence-electron chi connectivity index (χ3n) is 5.43. The number of carbonyl (C=O) groups excluding carboxylic acids is 1. The number of benzene rings is 1. The van der Waals surface area contributed by atoms with E-state index in [1.54, 1.807) is 6.07 Å². The third kappa shape index (κ3) is 3.90. The molecule has 8 heteroatoms. The molecule has 1 amide bonds. The summed E-state index contributed by atoms with van der Waals surface area (Å²) in [5.74, 6) is 1.50. The van der Waals surface area contributed by atoms with Gasteiger partial charge in [0, 0.05) is 43.7 Å². The zero-order valence-corrected chi connectivity index (χ0v) is 16.4. The molecule has 2 fully saturated rings. The molecule has 0 N–H and O–H groups in total. The van der Waals surface area contributed by atoms with Gasteiger partial charge >= 0.3 is 0 Å². The summed E-state index contributed by atoms with van der Waals surface area (Å²) in [4.78, 5) is 25.2. The number of amides is 1. The standard InChI is InChI=1S/C20H22ClFN4O2/c1-13-11-25(7-8-26(13)20(27)14-3-2-4-14)18-10-19(24-12-23-18)28-15-5-6-17(22)16(21)9-15/h5-6,9-10,12-14H,2-4,7-8,11H2,1H3. The van der Waals surface area contributed by atoms with Crippen molar-refractivity contribution in [1.29, 1.82) is 0 Å². The minimum Gasteiger partial charge on any atom is -0.439 e. The summed E-state index contributed by atoms with van der Waals surface area (Å²) in [6, 6.07) is 6.02. The van der Waals surface area contributed by atoms with Crippen LogP contribution in [0, 0.1) is 11.7 Å². The van der Waals surface area contributed by atoms with Crippen LogP contribution in [0.5, 0.6) is 11.6 Å². The van der Waals surface area contributed by atoms with Gasteiger partial charge in [0.1, 0.15) is 23.7 Å². The first-order valence-corrected chi connectivity index (χ1v) is 9.89. The number of hydrogen-bond acceptors (Lipinski definition) is 5. The highest BCUT2D eigenvalue weighted by Crippen LogP contribution is 2.31. The van der Waals surface area contributed by atoms with E-state index in [4.69, 9.17) is 16.3 Å². The summed E-state index contributed by atoms with van der Waals surface area (Å²) < 4.78 is 19.0. The lowest BCUT2D eigenvalue weighted by Crippen LogP contribution is -2.56. The van der Waals surface area contributed by atoms with Crippen LogP contribution >= 0.6 is 11.6 Å². The number of rotatable bonds is 4. The van der Waals surface area contributed by atoms with Crippen molar-refractivity contribution in [2.45, 2.75) is 32.2 Å². The first kappa shape index (κ1) is 18.9. The van der Waals surface area contributed by atoms with Gasteiger partial charge in [-0.3, -0.25) is 4.79 Å². The Labute approximate surface area is 168 Å². The highest BCUT2D eigenvalue weighted by atomic mass is 35.5. The van der Waals surface area contributed by atoms with E-state index in [-0.39, 0.29) is 17.0 Å². The molecular formula is C20H22ClFN4O2. The Morgan fingerprint density at radius 3 is 2.75 bits per heavy atom. The summed E-state index contributed by atoms with van der Waals surface area (Å²) in [6.45, 7) is 4.17. The number of hydrogen-bond donors (Lipinski definition) is 0. The lowest BCUT2D eigenvalue weighted by molar-refractivity contribution is -0.140. The van der Waals surface area contributed by atoms with Gasteiger partial charge in [0.25, 0.3) is 0 Å². The van der Waals surface area contributed by atoms with Crippen molar-refractivity contribution in [1.82, 2.24) is 14.9 Å². The van der Waals surface area contributed by atoms with E-state index >= 15 is 0 Å². The first-order valence-electron chi connectivity index (χ1n) is 9.51. The van der Waals surface area contributed by atoms with E-state index < -0.39 is 5.82 Å². The molecule has 28 heavy (non-hydrogen) atoms. The fourth-order valence-corrected chi connectivity index (χ4v) is 3.77. The summed E-state index contributed by atoms with van der Waals surface area (Å²) in [6.07, 6.45) is 4.64. The molecule has 1 aromatic carbocycles. The minimum absolute atomic E-state index is 0.00661. The van der Waals surface area contributed by atoms with Crippen molar-refractivity contribution in [3.05, 3.63) is 41.4 Å². The molecule has 1 aromatic heterocycles. The van der Waals surface area contributed by atoms with Gasteiger partial charge in [-0.05, 0) is 31.9 Å². The van der Waals surface area contributed by atoms with Crippen LogP contribution in [-0.4, -0.2) is 46.5 Å². The molecule has 0 radical (unpaired) electrons. The Hall–Kier alpha value is -2.41. The maximum Gasteiger partial charge on any atom is 0.226 e. The van der Waals surface area contributed by atoms with Gasteiger partial charge in [-0.25, -0.2) is 14.4 Å². The molecule has 0 bridgehead atoms. The van der Waals surface area contributed by atoms with Crippen molar-refractivity contribution in [2.24, 2.45) is 5.92 Å². The van der Waals surface area contributed by atoms with Gasteiger partial charge in [0.2, 0.25) is 11.8 Å². The van der Waals surface area contributed by atoms with Crippen LogP contribution in [0.15, 0.2) is 30.6 Å². The fourth-order valence-electron chi connectivity index (χ4n) is 3.60. The fraction of sp³-hybridized carbons (Fsp3) is 0.450. The average molecular weight is 405 g/mol. The van der Waals surface area contributed by atoms with Crippen LogP contribution in [0.3, 0.4) is 0 Å². The normalized spacial score (nSPS) is 20.0. The second kappa shape index (κ2) is 7.91. The highest BCUT2D eigenvalue weighted by molar-refractivity contribution is 6.30. The molecule has 1 saturated heterocycles. The van der Waals surface area contributed by atoms with Crippen molar-refractivity contribution >= 4 is 23.3 Å².